The van der Waals surface area contributed by atoms with Crippen molar-refractivity contribution in [2.75, 3.05) is 13.1 Å². The zero-order chi connectivity index (χ0) is 16.7. The van der Waals surface area contributed by atoms with Crippen molar-refractivity contribution in [2.24, 2.45) is 0 Å². The summed E-state index contributed by atoms with van der Waals surface area (Å²) in [5, 5.41) is 19.6. The molecule has 2 amide bonds. The van der Waals surface area contributed by atoms with Crippen LogP contribution in [0, 0.1) is 6.92 Å². The van der Waals surface area contributed by atoms with Crippen LogP contribution in [0.5, 0.6) is 0 Å². The molecule has 126 valence electrons. The molecule has 0 aromatic carbocycles. The van der Waals surface area contributed by atoms with Gasteiger partial charge in [0, 0.05) is 25.5 Å². The molecule has 0 saturated carbocycles. The van der Waals surface area contributed by atoms with Crippen LogP contribution < -0.4 is 10.6 Å². The number of aliphatic hydroxyl groups is 1. The van der Waals surface area contributed by atoms with E-state index < -0.39 is 5.60 Å². The molecule has 0 bridgehead atoms. The van der Waals surface area contributed by atoms with Crippen LogP contribution in [0.4, 0.5) is 4.79 Å². The molecule has 2 rings (SSSR count). The lowest BCUT2D eigenvalue weighted by atomic mass is 9.99. The second-order valence-corrected chi connectivity index (χ2v) is 6.55. The van der Waals surface area contributed by atoms with Gasteiger partial charge in [0.15, 0.2) is 0 Å². The Morgan fingerprint density at radius 1 is 1.43 bits per heavy atom. The van der Waals surface area contributed by atoms with Gasteiger partial charge in [0.05, 0.1) is 6.54 Å². The van der Waals surface area contributed by atoms with E-state index in [4.69, 9.17) is 0 Å². The lowest BCUT2D eigenvalue weighted by Crippen LogP contribution is -2.43. The third-order valence-corrected chi connectivity index (χ3v) is 4.45. The van der Waals surface area contributed by atoms with Crippen molar-refractivity contribution in [2.45, 2.75) is 38.8 Å². The third-order valence-electron chi connectivity index (χ3n) is 3.77. The van der Waals surface area contributed by atoms with E-state index in [1.54, 1.807) is 13.1 Å². The third kappa shape index (κ3) is 5.37. The minimum atomic E-state index is -1.05. The second kappa shape index (κ2) is 8.12. The molecule has 0 fully saturated rings. The molecule has 1 atom stereocenters. The standard InChI is InChI=1S/C16H24N4O2S/c1-13-17-7-9-20(13)8-4-3-6-18-15(21)19-12-16(2,22)14-5-10-23-11-14/h5,7,9-11,22H,3-4,6,8,12H2,1-2H3,(H2,18,19,21). The maximum absolute atomic E-state index is 11.8. The Labute approximate surface area is 140 Å². The van der Waals surface area contributed by atoms with Gasteiger partial charge in [-0.2, -0.15) is 11.3 Å². The lowest BCUT2D eigenvalue weighted by Gasteiger charge is -2.22. The highest BCUT2D eigenvalue weighted by Gasteiger charge is 2.23. The Kier molecular flexibility index (Phi) is 6.18. The van der Waals surface area contributed by atoms with Crippen LogP contribution in [0.15, 0.2) is 29.2 Å². The summed E-state index contributed by atoms with van der Waals surface area (Å²) in [4.78, 5) is 15.9. The number of carbonyl (C=O) groups is 1. The summed E-state index contributed by atoms with van der Waals surface area (Å²) < 4.78 is 2.10. The summed E-state index contributed by atoms with van der Waals surface area (Å²) in [6, 6.07) is 1.61. The Bertz CT molecular complexity index is 607. The van der Waals surface area contributed by atoms with E-state index in [2.05, 4.69) is 20.2 Å². The zero-order valence-electron chi connectivity index (χ0n) is 13.6. The maximum Gasteiger partial charge on any atom is 0.314 e. The highest BCUT2D eigenvalue weighted by Crippen LogP contribution is 2.21. The number of urea groups is 1. The summed E-state index contributed by atoms with van der Waals surface area (Å²) in [6.07, 6.45) is 5.62. The van der Waals surface area contributed by atoms with E-state index in [9.17, 15) is 9.90 Å². The number of hydrogen-bond donors (Lipinski definition) is 3. The Morgan fingerprint density at radius 2 is 2.26 bits per heavy atom. The average molecular weight is 336 g/mol. The van der Waals surface area contributed by atoms with Crippen molar-refractivity contribution in [3.8, 4) is 0 Å². The van der Waals surface area contributed by atoms with Crippen LogP contribution >= 0.6 is 11.3 Å². The topological polar surface area (TPSA) is 79.2 Å². The van der Waals surface area contributed by atoms with Gasteiger partial charge in [0.2, 0.25) is 0 Å². The van der Waals surface area contributed by atoms with Crippen LogP contribution in [-0.4, -0.2) is 33.8 Å². The largest absolute Gasteiger partial charge is 0.384 e. The number of aryl methyl sites for hydroxylation is 2. The van der Waals surface area contributed by atoms with E-state index in [-0.39, 0.29) is 12.6 Å². The molecule has 6 nitrogen and oxygen atoms in total. The number of thiophene rings is 1. The first kappa shape index (κ1) is 17.5. The van der Waals surface area contributed by atoms with E-state index in [1.165, 1.54) is 11.3 Å². The number of nitrogens with zero attached hydrogens (tertiary/aromatic N) is 2. The maximum atomic E-state index is 11.8. The molecule has 0 spiro atoms. The lowest BCUT2D eigenvalue weighted by molar-refractivity contribution is 0.0598. The minimum Gasteiger partial charge on any atom is -0.384 e. The van der Waals surface area contributed by atoms with Crippen LogP contribution in [0.25, 0.3) is 0 Å². The first-order valence-electron chi connectivity index (χ1n) is 7.73. The normalized spacial score (nSPS) is 13.5. The zero-order valence-corrected chi connectivity index (χ0v) is 14.4. The van der Waals surface area contributed by atoms with Crippen molar-refractivity contribution in [3.05, 3.63) is 40.6 Å². The van der Waals surface area contributed by atoms with Crippen molar-refractivity contribution in [1.82, 2.24) is 20.2 Å². The van der Waals surface area contributed by atoms with E-state index in [0.717, 1.165) is 30.8 Å². The van der Waals surface area contributed by atoms with E-state index >= 15 is 0 Å². The van der Waals surface area contributed by atoms with Gasteiger partial charge in [-0.05, 0) is 49.1 Å². The fourth-order valence-corrected chi connectivity index (χ4v) is 3.02. The molecule has 7 heteroatoms. The molecule has 2 heterocycles. The van der Waals surface area contributed by atoms with E-state index in [0.29, 0.717) is 6.54 Å². The second-order valence-electron chi connectivity index (χ2n) is 5.77. The number of amides is 2. The first-order chi connectivity index (χ1) is 11.0. The highest BCUT2D eigenvalue weighted by atomic mass is 32.1. The van der Waals surface area contributed by atoms with Gasteiger partial charge in [-0.25, -0.2) is 9.78 Å². The molecule has 0 aliphatic rings. The quantitative estimate of drug-likeness (QED) is 0.647. The number of rotatable bonds is 8. The summed E-state index contributed by atoms with van der Waals surface area (Å²) in [7, 11) is 0. The van der Waals surface area contributed by atoms with Gasteiger partial charge in [0.1, 0.15) is 11.4 Å². The molecule has 1 unspecified atom stereocenters. The van der Waals surface area contributed by atoms with Gasteiger partial charge < -0.3 is 20.3 Å². The van der Waals surface area contributed by atoms with Crippen molar-refractivity contribution < 1.29 is 9.90 Å². The molecule has 0 saturated heterocycles. The van der Waals surface area contributed by atoms with Gasteiger partial charge in [0.25, 0.3) is 0 Å². The number of aromatic nitrogens is 2. The Morgan fingerprint density at radius 3 is 2.91 bits per heavy atom. The SMILES string of the molecule is Cc1nccn1CCCCNC(=O)NCC(C)(O)c1ccsc1. The van der Waals surface area contributed by atoms with Crippen LogP contribution in [0.3, 0.4) is 0 Å². The van der Waals surface area contributed by atoms with Gasteiger partial charge in [-0.3, -0.25) is 0 Å². The summed E-state index contributed by atoms with van der Waals surface area (Å²) in [6.45, 7) is 5.37. The number of carbonyl (C=O) groups excluding carboxylic acids is 1. The summed E-state index contributed by atoms with van der Waals surface area (Å²) in [5.74, 6) is 1.01. The van der Waals surface area contributed by atoms with Crippen molar-refractivity contribution in [3.63, 3.8) is 0 Å². The van der Waals surface area contributed by atoms with Crippen LogP contribution in [0.1, 0.15) is 31.2 Å². The van der Waals surface area contributed by atoms with E-state index in [1.807, 2.05) is 29.9 Å². The summed E-state index contributed by atoms with van der Waals surface area (Å²) in [5.41, 5.74) is -0.227. The molecule has 0 aliphatic carbocycles. The van der Waals surface area contributed by atoms with Gasteiger partial charge in [-0.1, -0.05) is 0 Å². The number of nitrogens with one attached hydrogen (secondary N) is 2. The average Bonchev–Trinajstić information content (AvgIpc) is 3.17. The molecule has 2 aromatic heterocycles. The van der Waals surface area contributed by atoms with Crippen LogP contribution in [0.2, 0.25) is 0 Å². The summed E-state index contributed by atoms with van der Waals surface area (Å²) >= 11 is 1.53. The van der Waals surface area contributed by atoms with Crippen LogP contribution in [-0.2, 0) is 12.1 Å². The monoisotopic (exact) mass is 336 g/mol. The first-order valence-corrected chi connectivity index (χ1v) is 8.68. The molecule has 23 heavy (non-hydrogen) atoms. The predicted molar refractivity (Wildman–Crippen MR) is 91.5 cm³/mol. The smallest absolute Gasteiger partial charge is 0.314 e. The number of unbranched alkanes of at least 4 members (excludes halogenated alkanes) is 1. The number of hydrogen-bond acceptors (Lipinski definition) is 4. The fourth-order valence-electron chi connectivity index (χ4n) is 2.24. The molecular formula is C16H24N4O2S. The molecule has 3 N–H and O–H groups in total. The predicted octanol–water partition coefficient (Wildman–Crippen LogP) is 2.24. The van der Waals surface area contributed by atoms with Crippen molar-refractivity contribution in [1.29, 1.82) is 0 Å². The fraction of sp³-hybridized carbons (Fsp3) is 0.500. The molecule has 0 radical (unpaired) electrons. The Hall–Kier alpha value is -1.86. The highest BCUT2D eigenvalue weighted by molar-refractivity contribution is 7.08. The molecule has 2 aromatic rings. The Balaban J connectivity index is 1.59. The van der Waals surface area contributed by atoms with Gasteiger partial charge >= 0.3 is 6.03 Å². The number of imidazole rings is 1. The molecule has 0 aliphatic heterocycles. The molecular weight excluding hydrogens is 312 g/mol. The van der Waals surface area contributed by atoms with Gasteiger partial charge in [-0.15, -0.1) is 0 Å². The van der Waals surface area contributed by atoms with Crippen molar-refractivity contribution >= 4 is 17.4 Å². The minimum absolute atomic E-state index is 0.184.